The van der Waals surface area contributed by atoms with Gasteiger partial charge in [-0.2, -0.15) is 0 Å². The number of aromatic carboxylic acids is 1. The summed E-state index contributed by atoms with van der Waals surface area (Å²) in [4.78, 5) is 24.8. The second-order valence-electron chi connectivity index (χ2n) is 3.46. The van der Waals surface area contributed by atoms with Gasteiger partial charge >= 0.3 is 5.97 Å². The van der Waals surface area contributed by atoms with Crippen LogP contribution < -0.4 is 0 Å². The largest absolute Gasteiger partial charge is 0.477 e. The Morgan fingerprint density at radius 3 is 2.40 bits per heavy atom. The molecule has 0 aromatic carbocycles. The van der Waals surface area contributed by atoms with E-state index in [1.165, 1.54) is 11.0 Å². The summed E-state index contributed by atoms with van der Waals surface area (Å²) in [5, 5.41) is 8.74. The van der Waals surface area contributed by atoms with E-state index in [1.807, 2.05) is 0 Å². The predicted octanol–water partition coefficient (Wildman–Crippen LogP) is 1.64. The lowest BCUT2D eigenvalue weighted by molar-refractivity contribution is -0.129. The molecule has 0 saturated heterocycles. The fraction of sp³-hybridized carbons (Fsp3) is 0.400. The van der Waals surface area contributed by atoms with Crippen molar-refractivity contribution in [3.8, 4) is 0 Å². The van der Waals surface area contributed by atoms with Gasteiger partial charge in [0.05, 0.1) is 5.92 Å². The maximum Gasteiger partial charge on any atom is 0.345 e. The summed E-state index contributed by atoms with van der Waals surface area (Å²) in [6.07, 6.45) is 0. The summed E-state index contributed by atoms with van der Waals surface area (Å²) in [6, 6.07) is 3.22. The highest BCUT2D eigenvalue weighted by atomic mass is 32.1. The lowest BCUT2D eigenvalue weighted by atomic mass is 10.1. The second-order valence-corrected chi connectivity index (χ2v) is 4.58. The number of hydrogen-bond donors (Lipinski definition) is 1. The van der Waals surface area contributed by atoms with Crippen molar-refractivity contribution in [1.29, 1.82) is 0 Å². The normalized spacial score (nSPS) is 12.2. The molecule has 1 atom stereocenters. The summed E-state index contributed by atoms with van der Waals surface area (Å²) in [5.74, 6) is -1.25. The second kappa shape index (κ2) is 4.44. The van der Waals surface area contributed by atoms with E-state index in [1.54, 1.807) is 27.1 Å². The number of likely N-dealkylation sites (N-methyl/N-ethyl adjacent to an activating group) is 1. The quantitative estimate of drug-likeness (QED) is 0.854. The zero-order chi connectivity index (χ0) is 11.6. The highest BCUT2D eigenvalue weighted by Gasteiger charge is 2.19. The molecule has 1 amide bonds. The summed E-state index contributed by atoms with van der Waals surface area (Å²) in [7, 11) is 3.37. The van der Waals surface area contributed by atoms with Crippen LogP contribution in [0.25, 0.3) is 0 Å². The number of carboxylic acid groups (broad SMARTS) is 1. The SMILES string of the molecule is CC(C(=O)N(C)C)c1ccc(C(=O)O)s1. The zero-order valence-electron chi connectivity index (χ0n) is 8.85. The molecule has 1 aromatic heterocycles. The number of nitrogens with zero attached hydrogens (tertiary/aromatic N) is 1. The molecule has 1 unspecified atom stereocenters. The molecule has 0 saturated carbocycles. The molecule has 1 heterocycles. The minimum Gasteiger partial charge on any atom is -0.477 e. The molecule has 0 aliphatic rings. The van der Waals surface area contributed by atoms with Crippen LogP contribution in [0.15, 0.2) is 12.1 Å². The molecule has 15 heavy (non-hydrogen) atoms. The smallest absolute Gasteiger partial charge is 0.345 e. The number of thiophene rings is 1. The van der Waals surface area contributed by atoms with Gasteiger partial charge < -0.3 is 10.0 Å². The maximum atomic E-state index is 11.6. The van der Waals surface area contributed by atoms with E-state index in [2.05, 4.69) is 0 Å². The molecule has 0 radical (unpaired) electrons. The minimum absolute atomic E-state index is 0.0196. The van der Waals surface area contributed by atoms with Crippen LogP contribution in [0.4, 0.5) is 0 Å². The third-order valence-electron chi connectivity index (χ3n) is 2.08. The molecule has 0 fully saturated rings. The molecule has 1 rings (SSSR count). The molecule has 0 bridgehead atoms. The lowest BCUT2D eigenvalue weighted by Crippen LogP contribution is -2.26. The average molecular weight is 227 g/mol. The molecule has 4 nitrogen and oxygen atoms in total. The number of carbonyl (C=O) groups excluding carboxylic acids is 1. The fourth-order valence-electron chi connectivity index (χ4n) is 1.21. The summed E-state index contributed by atoms with van der Waals surface area (Å²) < 4.78 is 0. The van der Waals surface area contributed by atoms with Crippen LogP contribution in [0, 0.1) is 0 Å². The molecule has 0 aliphatic heterocycles. The first kappa shape index (κ1) is 11.7. The molecule has 0 spiro atoms. The van der Waals surface area contributed by atoms with E-state index >= 15 is 0 Å². The van der Waals surface area contributed by atoms with Crippen LogP contribution in [0.1, 0.15) is 27.4 Å². The van der Waals surface area contributed by atoms with Gasteiger partial charge in [0.2, 0.25) is 5.91 Å². The highest BCUT2D eigenvalue weighted by Crippen LogP contribution is 2.25. The Labute approximate surface area is 92.1 Å². The molecule has 1 aromatic rings. The first-order valence-electron chi connectivity index (χ1n) is 4.47. The van der Waals surface area contributed by atoms with Crippen LogP contribution in [0.5, 0.6) is 0 Å². The van der Waals surface area contributed by atoms with E-state index in [4.69, 9.17) is 5.11 Å². The molecule has 5 heteroatoms. The van der Waals surface area contributed by atoms with Gasteiger partial charge in [-0.15, -0.1) is 11.3 Å². The van der Waals surface area contributed by atoms with Crippen LogP contribution in [0.2, 0.25) is 0 Å². The molecular weight excluding hydrogens is 214 g/mol. The van der Waals surface area contributed by atoms with Gasteiger partial charge in [-0.05, 0) is 19.1 Å². The Balaban J connectivity index is 2.87. The predicted molar refractivity (Wildman–Crippen MR) is 58.4 cm³/mol. The first-order valence-corrected chi connectivity index (χ1v) is 5.29. The average Bonchev–Trinajstić information content (AvgIpc) is 2.64. The van der Waals surface area contributed by atoms with Crippen LogP contribution in [-0.4, -0.2) is 36.0 Å². The standard InChI is InChI=1S/C10H13NO3S/c1-6(9(12)11(2)3)7-4-5-8(15-7)10(13)14/h4-6H,1-3H3,(H,13,14). The van der Waals surface area contributed by atoms with Crippen molar-refractivity contribution in [2.45, 2.75) is 12.8 Å². The van der Waals surface area contributed by atoms with E-state index in [9.17, 15) is 9.59 Å². The number of hydrogen-bond acceptors (Lipinski definition) is 3. The van der Waals surface area contributed by atoms with Crippen LogP contribution in [-0.2, 0) is 4.79 Å². The number of carboxylic acids is 1. The molecule has 1 N–H and O–H groups in total. The van der Waals surface area contributed by atoms with E-state index in [0.717, 1.165) is 16.2 Å². The Morgan fingerprint density at radius 1 is 1.40 bits per heavy atom. The van der Waals surface area contributed by atoms with Gasteiger partial charge in [0.25, 0.3) is 0 Å². The van der Waals surface area contributed by atoms with Gasteiger partial charge in [0, 0.05) is 19.0 Å². The van der Waals surface area contributed by atoms with Crippen molar-refractivity contribution in [2.24, 2.45) is 0 Å². The highest BCUT2D eigenvalue weighted by molar-refractivity contribution is 7.14. The number of amides is 1. The van der Waals surface area contributed by atoms with Gasteiger partial charge in [-0.1, -0.05) is 0 Å². The van der Waals surface area contributed by atoms with Gasteiger partial charge in [-0.25, -0.2) is 4.79 Å². The molecular formula is C10H13NO3S. The van der Waals surface area contributed by atoms with Crippen molar-refractivity contribution in [3.05, 3.63) is 21.9 Å². The summed E-state index contributed by atoms with van der Waals surface area (Å²) in [6.45, 7) is 1.78. The summed E-state index contributed by atoms with van der Waals surface area (Å²) >= 11 is 1.15. The van der Waals surface area contributed by atoms with Gasteiger partial charge in [0.1, 0.15) is 4.88 Å². The summed E-state index contributed by atoms with van der Waals surface area (Å²) in [5.41, 5.74) is 0. The third kappa shape index (κ3) is 2.56. The number of carbonyl (C=O) groups is 2. The van der Waals surface area contributed by atoms with Crippen LogP contribution in [0.3, 0.4) is 0 Å². The third-order valence-corrected chi connectivity index (χ3v) is 3.33. The fourth-order valence-corrected chi connectivity index (χ4v) is 2.10. The van der Waals surface area contributed by atoms with E-state index in [0.29, 0.717) is 0 Å². The zero-order valence-corrected chi connectivity index (χ0v) is 9.67. The molecule has 82 valence electrons. The van der Waals surface area contributed by atoms with Gasteiger partial charge in [0.15, 0.2) is 0 Å². The van der Waals surface area contributed by atoms with E-state index < -0.39 is 5.97 Å². The molecule has 0 aliphatic carbocycles. The topological polar surface area (TPSA) is 57.6 Å². The van der Waals surface area contributed by atoms with Crippen molar-refractivity contribution in [3.63, 3.8) is 0 Å². The minimum atomic E-state index is -0.948. The Bertz CT molecular complexity index is 384. The Kier molecular flexibility index (Phi) is 3.47. The van der Waals surface area contributed by atoms with Crippen molar-refractivity contribution < 1.29 is 14.7 Å². The van der Waals surface area contributed by atoms with Gasteiger partial charge in [-0.3, -0.25) is 4.79 Å². The maximum absolute atomic E-state index is 11.6. The monoisotopic (exact) mass is 227 g/mol. The van der Waals surface area contributed by atoms with Crippen molar-refractivity contribution >= 4 is 23.2 Å². The van der Waals surface area contributed by atoms with Crippen LogP contribution >= 0.6 is 11.3 Å². The Hall–Kier alpha value is -1.36. The lowest BCUT2D eigenvalue weighted by Gasteiger charge is -2.15. The Morgan fingerprint density at radius 2 is 2.00 bits per heavy atom. The first-order chi connectivity index (χ1) is 6.93. The van der Waals surface area contributed by atoms with Crippen molar-refractivity contribution in [2.75, 3.05) is 14.1 Å². The van der Waals surface area contributed by atoms with Crippen molar-refractivity contribution in [1.82, 2.24) is 4.90 Å². The van der Waals surface area contributed by atoms with E-state index in [-0.39, 0.29) is 16.7 Å². The number of rotatable bonds is 3.